The number of amides is 1. The first kappa shape index (κ1) is 29.9. The van der Waals surface area contributed by atoms with Gasteiger partial charge in [0, 0.05) is 11.4 Å². The quantitative estimate of drug-likeness (QED) is 0.296. The maximum Gasteiger partial charge on any atom is 1.00 e. The van der Waals surface area contributed by atoms with Crippen molar-refractivity contribution in [2.75, 3.05) is 10.8 Å². The number of benzene rings is 1. The maximum absolute atomic E-state index is 14.8. The predicted molar refractivity (Wildman–Crippen MR) is 93.7 cm³/mol. The number of carboxylic acid groups (broad SMARTS) is 1. The number of carboxylic acids is 1. The summed E-state index contributed by atoms with van der Waals surface area (Å²) >= 11 is 0. The van der Waals surface area contributed by atoms with Gasteiger partial charge in [-0.25, -0.2) is 12.8 Å². The first-order valence-corrected chi connectivity index (χ1v) is 9.86. The molecule has 1 heterocycles. The molecule has 29 heavy (non-hydrogen) atoms. The van der Waals surface area contributed by atoms with Gasteiger partial charge >= 0.3 is 103 Å². The number of hydrogen-bond acceptors (Lipinski definition) is 6. The topological polar surface area (TPSA) is 129 Å². The van der Waals surface area contributed by atoms with Crippen molar-refractivity contribution in [2.45, 2.75) is 46.0 Å². The summed E-state index contributed by atoms with van der Waals surface area (Å²) in [5, 5.41) is 20.8. The van der Waals surface area contributed by atoms with E-state index in [2.05, 4.69) is 4.72 Å². The van der Waals surface area contributed by atoms with Crippen LogP contribution in [0.1, 0.15) is 45.1 Å². The van der Waals surface area contributed by atoms with E-state index in [1.807, 2.05) is 0 Å². The average molecular weight is 479 g/mol. The summed E-state index contributed by atoms with van der Waals surface area (Å²) in [6.45, 7) is 2.50. The second kappa shape index (κ2) is 12.2. The van der Waals surface area contributed by atoms with Crippen LogP contribution in [0.4, 0.5) is 10.1 Å². The van der Waals surface area contributed by atoms with Crippen LogP contribution >= 0.6 is 0 Å². The number of phenolic OH excluding ortho intramolecular Hbond substituents is 1. The molecule has 1 saturated heterocycles. The van der Waals surface area contributed by atoms with Crippen LogP contribution in [0, 0.1) is 11.2 Å². The van der Waals surface area contributed by atoms with Gasteiger partial charge in [0.05, 0.1) is 12.5 Å². The molecule has 150 valence electrons. The Morgan fingerprint density at radius 1 is 1.28 bits per heavy atom. The molecule has 0 bridgehead atoms. The SMILES string of the molecule is CC(C)(CCCCCc1ccc(O)c(N2CC(=O)[N-]S2(=O)=O)c1F)C(=O)[O-].[K+].[K+]. The molecular formula is C17H21FK2N2O6S. The largest absolute Gasteiger partial charge is 1.00 e. The van der Waals surface area contributed by atoms with Crippen molar-refractivity contribution in [3.05, 3.63) is 28.2 Å². The fraction of sp³-hybridized carbons (Fsp3) is 0.529. The van der Waals surface area contributed by atoms with Crippen LogP contribution in [-0.2, 0) is 26.2 Å². The Kier molecular flexibility index (Phi) is 12.6. The number of aromatic hydroxyl groups is 1. The van der Waals surface area contributed by atoms with E-state index in [0.29, 0.717) is 30.0 Å². The summed E-state index contributed by atoms with van der Waals surface area (Å²) in [7, 11) is -4.36. The Balaban J connectivity index is 0.00000392. The van der Waals surface area contributed by atoms with E-state index >= 15 is 0 Å². The van der Waals surface area contributed by atoms with E-state index in [9.17, 15) is 32.6 Å². The number of phenols is 1. The zero-order valence-electron chi connectivity index (χ0n) is 17.1. The zero-order valence-corrected chi connectivity index (χ0v) is 24.1. The molecule has 0 aliphatic carbocycles. The average Bonchev–Trinajstić information content (AvgIpc) is 2.81. The second-order valence-corrected chi connectivity index (χ2v) is 8.63. The van der Waals surface area contributed by atoms with Crippen molar-refractivity contribution in [1.29, 1.82) is 0 Å². The fourth-order valence-electron chi connectivity index (χ4n) is 2.79. The number of nitrogens with zero attached hydrogens (tertiary/aromatic N) is 2. The second-order valence-electron chi connectivity index (χ2n) is 7.11. The number of aryl methyl sites for hydroxylation is 1. The van der Waals surface area contributed by atoms with Gasteiger partial charge in [-0.05, 0) is 30.9 Å². The van der Waals surface area contributed by atoms with Crippen LogP contribution < -0.4 is 112 Å². The Morgan fingerprint density at radius 2 is 1.90 bits per heavy atom. The van der Waals surface area contributed by atoms with Crippen LogP contribution in [0.2, 0.25) is 0 Å². The maximum atomic E-state index is 14.8. The number of hydrogen-bond donors (Lipinski definition) is 1. The number of rotatable bonds is 8. The molecule has 8 nitrogen and oxygen atoms in total. The fourth-order valence-corrected chi connectivity index (χ4v) is 3.88. The predicted octanol–water partition coefficient (Wildman–Crippen LogP) is -4.62. The molecule has 2 rings (SSSR count). The zero-order chi connectivity index (χ0) is 20.4. The molecule has 0 unspecified atom stereocenters. The van der Waals surface area contributed by atoms with E-state index < -0.39 is 51.3 Å². The van der Waals surface area contributed by atoms with Gasteiger partial charge in [-0.15, -0.1) is 0 Å². The van der Waals surface area contributed by atoms with Gasteiger partial charge in [-0.2, -0.15) is 0 Å². The van der Waals surface area contributed by atoms with Gasteiger partial charge < -0.3 is 24.5 Å². The van der Waals surface area contributed by atoms with Gasteiger partial charge in [0.2, 0.25) is 0 Å². The summed E-state index contributed by atoms with van der Waals surface area (Å²) in [5.74, 6) is -3.57. The number of aliphatic carboxylic acids is 1. The molecule has 0 saturated carbocycles. The molecule has 12 heteroatoms. The first-order valence-electron chi connectivity index (χ1n) is 8.46. The summed E-state index contributed by atoms with van der Waals surface area (Å²) in [5.41, 5.74) is -1.33. The smallest absolute Gasteiger partial charge is 0.550 e. The van der Waals surface area contributed by atoms with E-state index in [1.54, 1.807) is 13.8 Å². The van der Waals surface area contributed by atoms with Crippen molar-refractivity contribution in [1.82, 2.24) is 0 Å². The molecule has 1 aliphatic heterocycles. The molecule has 1 aromatic rings. The Labute approximate surface area is 255 Å². The minimum Gasteiger partial charge on any atom is -0.550 e. The summed E-state index contributed by atoms with van der Waals surface area (Å²) in [6, 6.07) is 2.52. The molecular weight excluding hydrogens is 457 g/mol. The minimum atomic E-state index is -4.36. The van der Waals surface area contributed by atoms with E-state index in [1.165, 1.54) is 12.1 Å². The van der Waals surface area contributed by atoms with Crippen LogP contribution in [0.15, 0.2) is 12.1 Å². The molecule has 0 aromatic heterocycles. The van der Waals surface area contributed by atoms with Crippen molar-refractivity contribution < 1.29 is 135 Å². The van der Waals surface area contributed by atoms with Gasteiger partial charge in [-0.1, -0.05) is 32.8 Å². The Hall–Kier alpha value is 0.913. The van der Waals surface area contributed by atoms with Crippen molar-refractivity contribution in [2.24, 2.45) is 5.41 Å². The molecule has 0 spiro atoms. The third kappa shape index (κ3) is 7.77. The van der Waals surface area contributed by atoms with Gasteiger partial charge in [-0.3, -0.25) is 4.31 Å². The van der Waals surface area contributed by atoms with Crippen molar-refractivity contribution in [3.63, 3.8) is 0 Å². The summed E-state index contributed by atoms with van der Waals surface area (Å²) in [4.78, 5) is 22.2. The van der Waals surface area contributed by atoms with Crippen LogP contribution in [0.5, 0.6) is 5.75 Å². The van der Waals surface area contributed by atoms with Crippen LogP contribution in [-0.4, -0.2) is 31.9 Å². The Bertz CT molecular complexity index is 864. The first-order chi connectivity index (χ1) is 12.5. The number of halogens is 1. The summed E-state index contributed by atoms with van der Waals surface area (Å²) in [6.07, 6.45) is 2.49. The normalized spacial score (nSPS) is 15.3. The molecule has 0 atom stereocenters. The molecule has 0 radical (unpaired) electrons. The van der Waals surface area contributed by atoms with Crippen LogP contribution in [0.3, 0.4) is 0 Å². The van der Waals surface area contributed by atoms with E-state index in [-0.39, 0.29) is 115 Å². The molecule has 1 N–H and O–H groups in total. The molecule has 1 aliphatic rings. The monoisotopic (exact) mass is 478 g/mol. The third-order valence-corrected chi connectivity index (χ3v) is 5.80. The summed E-state index contributed by atoms with van der Waals surface area (Å²) < 4.78 is 41.8. The number of carbonyl (C=O) groups is 2. The number of unbranched alkanes of at least 4 members (excludes halogenated alkanes) is 2. The van der Waals surface area contributed by atoms with Gasteiger partial charge in [0.25, 0.3) is 0 Å². The number of carbonyl (C=O) groups excluding carboxylic acids is 2. The molecule has 1 aromatic carbocycles. The van der Waals surface area contributed by atoms with Crippen molar-refractivity contribution >= 4 is 27.8 Å². The van der Waals surface area contributed by atoms with E-state index in [4.69, 9.17) is 0 Å². The standard InChI is InChI=1S/C17H23FN2O6S.2K/c1-17(2,16(23)24)9-5-3-4-6-11-7-8-12(21)15(14(11)18)20-10-13(22)19-27(20,25)26;;/h7-8H,3-6,9-10H2,1-2H3,(H3,19,21,22,23,24);;/q;2*+1/p-2. The molecule has 1 amide bonds. The molecule has 1 fully saturated rings. The van der Waals surface area contributed by atoms with Crippen molar-refractivity contribution in [3.8, 4) is 5.75 Å². The number of anilines is 1. The van der Waals surface area contributed by atoms with E-state index in [0.717, 1.165) is 0 Å². The van der Waals surface area contributed by atoms with Gasteiger partial charge in [0.1, 0.15) is 11.4 Å². The Morgan fingerprint density at radius 3 is 2.41 bits per heavy atom. The third-order valence-electron chi connectivity index (χ3n) is 4.50. The minimum absolute atomic E-state index is 0. The van der Waals surface area contributed by atoms with Gasteiger partial charge in [0.15, 0.2) is 16.0 Å². The van der Waals surface area contributed by atoms with Crippen LogP contribution in [0.25, 0.3) is 4.72 Å².